The summed E-state index contributed by atoms with van der Waals surface area (Å²) in [7, 11) is -8.67. The number of hydrogen-bond donors (Lipinski definition) is 3. The molecule has 0 radical (unpaired) electrons. The summed E-state index contributed by atoms with van der Waals surface area (Å²) in [5, 5.41) is 9.54. The summed E-state index contributed by atoms with van der Waals surface area (Å²) < 4.78 is 70.2. The molecule has 9 rings (SSSR count). The second-order valence-corrected chi connectivity index (χ2v) is 19.3. The molecule has 0 spiro atoms. The van der Waals surface area contributed by atoms with Crippen LogP contribution in [0.5, 0.6) is 11.5 Å². The number of halogens is 1. The van der Waals surface area contributed by atoms with Crippen molar-refractivity contribution in [2.45, 2.75) is 10.6 Å². The van der Waals surface area contributed by atoms with E-state index in [9.17, 15) is 22.3 Å². The van der Waals surface area contributed by atoms with E-state index in [2.05, 4.69) is 4.72 Å². The Morgan fingerprint density at radius 2 is 1.51 bits per heavy atom. The molecule has 3 aromatic rings. The van der Waals surface area contributed by atoms with Crippen molar-refractivity contribution >= 4 is 39.0 Å². The first kappa shape index (κ1) is 34.8. The van der Waals surface area contributed by atoms with Crippen LogP contribution in [0, 0.1) is 17.1 Å². The van der Waals surface area contributed by atoms with Crippen molar-refractivity contribution < 1.29 is 49.9 Å². The largest absolute Gasteiger partial charge is 0.488 e. The molecule has 1 aromatic heterocycles. The monoisotopic (exact) mass is 736 g/mol. The highest BCUT2D eigenvalue weighted by molar-refractivity contribution is 7.92. The lowest BCUT2D eigenvalue weighted by molar-refractivity contribution is -1.09. The molecule has 16 heteroatoms. The number of nitrogens with zero attached hydrogens (tertiary/aromatic N) is 4. The van der Waals surface area contributed by atoms with Crippen molar-refractivity contribution in [2.24, 2.45) is 0 Å². The van der Waals surface area contributed by atoms with Crippen LogP contribution in [0.4, 0.5) is 4.39 Å². The molecule has 1 unspecified atom stereocenters. The number of rotatable bonds is 14. The Morgan fingerprint density at radius 1 is 0.898 bits per heavy atom. The molecule has 0 aliphatic carbocycles. The quantitative estimate of drug-likeness (QED) is 0.169. The molecule has 0 amide bonds. The van der Waals surface area contributed by atoms with Crippen LogP contribution in [0.15, 0.2) is 46.7 Å². The highest BCUT2D eigenvalue weighted by atomic mass is 32.2. The van der Waals surface area contributed by atoms with Crippen LogP contribution in [-0.2, 0) is 14.6 Å². The van der Waals surface area contributed by atoms with Gasteiger partial charge in [0.05, 0.1) is 18.7 Å². The van der Waals surface area contributed by atoms with Gasteiger partial charge in [-0.2, -0.15) is 9.98 Å². The molecule has 1 atom stereocenters. The number of hydrogen-bond acceptors (Lipinski definition) is 7. The van der Waals surface area contributed by atoms with E-state index in [0.717, 1.165) is 39.2 Å². The van der Waals surface area contributed by atoms with Gasteiger partial charge in [0.1, 0.15) is 126 Å². The minimum atomic E-state index is -4.52. The van der Waals surface area contributed by atoms with Crippen molar-refractivity contribution in [1.29, 1.82) is 5.26 Å². The van der Waals surface area contributed by atoms with Crippen LogP contribution >= 0.6 is 18.9 Å². The van der Waals surface area contributed by atoms with Gasteiger partial charge in [-0.1, -0.05) is 0 Å². The van der Waals surface area contributed by atoms with Crippen LogP contribution < -0.4 is 18.9 Å². The average molecular weight is 737 g/mol. The van der Waals surface area contributed by atoms with E-state index in [4.69, 9.17) is 14.5 Å². The Labute approximate surface area is 291 Å². The molecule has 0 saturated carbocycles. The summed E-state index contributed by atoms with van der Waals surface area (Å²) in [6, 6.07) is 11.7. The SMILES string of the molecule is N#Cc1ccc(OP(=O)(O)CNS(=O)(=O)c2cc3cc(OCC[N+]45CC[N+](CCC[N+]67CC[NH+](CC6)CC7)(CC4)CC5)ccc3s2)cc1F. The van der Waals surface area contributed by atoms with Gasteiger partial charge >= 0.3 is 7.60 Å². The first-order valence-corrected chi connectivity index (χ1v) is 21.2. The number of ether oxygens (including phenoxy) is 1. The lowest BCUT2D eigenvalue weighted by Gasteiger charge is -2.56. The van der Waals surface area contributed by atoms with E-state index in [-0.39, 0.29) is 15.5 Å². The molecule has 2 aromatic carbocycles. The fourth-order valence-electron chi connectivity index (χ4n) is 8.24. The van der Waals surface area contributed by atoms with E-state index in [0.29, 0.717) is 17.7 Å². The minimum Gasteiger partial charge on any atom is -0.488 e. The highest BCUT2D eigenvalue weighted by Gasteiger charge is 2.49. The second-order valence-electron chi connectivity index (χ2n) is 14.5. The summed E-state index contributed by atoms with van der Waals surface area (Å²) in [6.45, 7) is 19.9. The zero-order valence-electron chi connectivity index (χ0n) is 27.7. The summed E-state index contributed by atoms with van der Waals surface area (Å²) in [5.41, 5.74) is -0.249. The summed E-state index contributed by atoms with van der Waals surface area (Å²) >= 11 is 1.04. The number of nitriles is 1. The third kappa shape index (κ3) is 7.68. The molecule has 264 valence electrons. The van der Waals surface area contributed by atoms with Crippen molar-refractivity contribution in [1.82, 2.24) is 4.72 Å². The van der Waals surface area contributed by atoms with Gasteiger partial charge in [0.25, 0.3) is 10.0 Å². The first-order chi connectivity index (χ1) is 23.4. The Bertz CT molecular complexity index is 1870. The standard InChI is InChI=1S/C33H44FN6O6PS2/c34-31-24-30(3-2-27(31)25-35)46-47(41,42)26-36-49(43,44)33-23-28-22-29(4-5-32(28)48-33)45-21-20-40-17-14-39(15-18-40,16-19-40)10-1-9-38-11-6-37(7-12-38)8-13-38/h2-5,22-24,36H,1,6-21,26H2/q+2/p+2. The van der Waals surface area contributed by atoms with Crippen LogP contribution in [-0.4, -0.2) is 138 Å². The van der Waals surface area contributed by atoms with Crippen LogP contribution in [0.1, 0.15) is 12.0 Å². The first-order valence-electron chi connectivity index (χ1n) is 17.2. The van der Waals surface area contributed by atoms with E-state index < -0.39 is 29.7 Å². The highest BCUT2D eigenvalue weighted by Crippen LogP contribution is 2.42. The molecule has 3 N–H and O–H groups in total. The molecule has 6 saturated heterocycles. The van der Waals surface area contributed by atoms with E-state index >= 15 is 0 Å². The van der Waals surface area contributed by atoms with Crippen molar-refractivity contribution in [2.75, 3.05) is 111 Å². The fraction of sp³-hybridized carbons (Fsp3) is 0.545. The molecular weight excluding hydrogens is 691 g/mol. The summed E-state index contributed by atoms with van der Waals surface area (Å²) in [4.78, 5) is 12.0. The molecule has 6 fully saturated rings. The molecule has 6 aliphatic heterocycles. The number of benzene rings is 2. The third-order valence-electron chi connectivity index (χ3n) is 11.6. The van der Waals surface area contributed by atoms with Gasteiger partial charge in [-0.05, 0) is 41.8 Å². The van der Waals surface area contributed by atoms with Crippen LogP contribution in [0.25, 0.3) is 10.1 Å². The molecule has 12 nitrogen and oxygen atoms in total. The van der Waals surface area contributed by atoms with Crippen LogP contribution in [0.2, 0.25) is 0 Å². The van der Waals surface area contributed by atoms with Gasteiger partial charge < -0.3 is 32.5 Å². The maximum Gasteiger partial charge on any atom is 0.391 e. The number of quaternary nitrogens is 4. The third-order valence-corrected chi connectivity index (χ3v) is 15.8. The van der Waals surface area contributed by atoms with Gasteiger partial charge in [0.15, 0.2) is 0 Å². The number of fused-ring (bicyclic) bond motifs is 7. The lowest BCUT2D eigenvalue weighted by atomic mass is 10.1. The maximum absolute atomic E-state index is 13.9. The molecule has 49 heavy (non-hydrogen) atoms. The summed E-state index contributed by atoms with van der Waals surface area (Å²) in [6.07, 6.45) is 0.431. The van der Waals surface area contributed by atoms with E-state index in [1.54, 1.807) is 6.07 Å². The Balaban J connectivity index is 0.882. The number of piperazine rings is 6. The molecule has 7 heterocycles. The fourth-order valence-corrected chi connectivity index (χ4v) is 12.2. The van der Waals surface area contributed by atoms with Gasteiger partial charge in [0, 0.05) is 17.2 Å². The van der Waals surface area contributed by atoms with Gasteiger partial charge in [-0.3, -0.25) is 0 Å². The normalized spacial score (nSPS) is 29.0. The van der Waals surface area contributed by atoms with Crippen molar-refractivity contribution in [3.63, 3.8) is 0 Å². The van der Waals surface area contributed by atoms with Crippen molar-refractivity contribution in [3.8, 4) is 17.6 Å². The lowest BCUT2D eigenvalue weighted by Crippen LogP contribution is -3.19. The molecule has 6 aliphatic rings. The van der Waals surface area contributed by atoms with Gasteiger partial charge in [0.2, 0.25) is 0 Å². The zero-order valence-corrected chi connectivity index (χ0v) is 30.2. The average Bonchev–Trinajstić information content (AvgIpc) is 3.54. The molecular formula is C33H46FN6O6PS2+4. The topological polar surface area (TPSA) is 130 Å². The number of thiophene rings is 1. The zero-order chi connectivity index (χ0) is 34.3. The maximum atomic E-state index is 13.9. The Kier molecular flexibility index (Phi) is 9.57. The second kappa shape index (κ2) is 13.5. The smallest absolute Gasteiger partial charge is 0.391 e. The Hall–Kier alpha value is -2.64. The van der Waals surface area contributed by atoms with E-state index in [1.165, 1.54) is 119 Å². The Morgan fingerprint density at radius 3 is 2.14 bits per heavy atom. The molecule has 4 bridgehead atoms. The minimum absolute atomic E-state index is 0.0191. The van der Waals surface area contributed by atoms with E-state index in [1.807, 2.05) is 23.1 Å². The van der Waals surface area contributed by atoms with Gasteiger partial charge in [-0.25, -0.2) is 17.4 Å². The van der Waals surface area contributed by atoms with Crippen LogP contribution in [0.3, 0.4) is 0 Å². The van der Waals surface area contributed by atoms with Crippen molar-refractivity contribution in [3.05, 3.63) is 53.8 Å². The predicted molar refractivity (Wildman–Crippen MR) is 183 cm³/mol. The number of nitrogens with one attached hydrogen (secondary N) is 2. The summed E-state index contributed by atoms with van der Waals surface area (Å²) in [5.74, 6) is -0.532. The predicted octanol–water partition coefficient (Wildman–Crippen LogP) is 1.57. The number of sulfonamides is 1. The van der Waals surface area contributed by atoms with Gasteiger partial charge in [-0.15, -0.1) is 11.3 Å².